The highest BCUT2D eigenvalue weighted by molar-refractivity contribution is 5.01. The Morgan fingerprint density at radius 2 is 2.33 bits per heavy atom. The van der Waals surface area contributed by atoms with Crippen LogP contribution in [0.25, 0.3) is 0 Å². The first kappa shape index (κ1) is 14.7. The normalized spacial score (nSPS) is 26.8. The van der Waals surface area contributed by atoms with Crippen molar-refractivity contribution in [1.82, 2.24) is 19.9 Å². The largest absolute Gasteiger partial charge is 0.339 e. The van der Waals surface area contributed by atoms with Crippen LogP contribution < -0.4 is 0 Å². The number of hydrogen-bond acceptors (Lipinski definition) is 5. The summed E-state index contributed by atoms with van der Waals surface area (Å²) in [5, 5.41) is 4.05. The van der Waals surface area contributed by atoms with Crippen LogP contribution in [0.3, 0.4) is 0 Å². The molecule has 5 heteroatoms. The zero-order valence-corrected chi connectivity index (χ0v) is 13.2. The number of aromatic nitrogens is 2. The monoisotopic (exact) mass is 290 g/mol. The molecule has 2 aliphatic rings. The minimum atomic E-state index is 0.601. The number of likely N-dealkylation sites (N-methyl/N-ethyl adjacent to an activating group) is 1. The minimum Gasteiger partial charge on any atom is -0.339 e. The summed E-state index contributed by atoms with van der Waals surface area (Å²) in [5.41, 5.74) is 0. The molecule has 0 N–H and O–H groups in total. The van der Waals surface area contributed by atoms with Crippen molar-refractivity contribution in [1.29, 1.82) is 0 Å². The molecule has 0 amide bonds. The van der Waals surface area contributed by atoms with Gasteiger partial charge in [0.2, 0.25) is 5.89 Å². The molecule has 0 unspecified atom stereocenters. The van der Waals surface area contributed by atoms with Crippen LogP contribution in [-0.2, 0) is 13.0 Å². The highest BCUT2D eigenvalue weighted by atomic mass is 16.5. The van der Waals surface area contributed by atoms with Gasteiger partial charge >= 0.3 is 0 Å². The summed E-state index contributed by atoms with van der Waals surface area (Å²) in [6.45, 7) is 5.18. The molecule has 1 aromatic heterocycles. The van der Waals surface area contributed by atoms with Gasteiger partial charge in [-0.1, -0.05) is 24.2 Å². The van der Waals surface area contributed by atoms with Crippen molar-refractivity contribution >= 4 is 0 Å². The van der Waals surface area contributed by atoms with Gasteiger partial charge < -0.3 is 4.52 Å². The van der Waals surface area contributed by atoms with Crippen LogP contribution in [0.5, 0.6) is 0 Å². The predicted octanol–water partition coefficient (Wildman–Crippen LogP) is 2.25. The highest BCUT2D eigenvalue weighted by Gasteiger charge is 2.30. The Labute approximate surface area is 127 Å². The molecule has 2 heterocycles. The van der Waals surface area contributed by atoms with Crippen LogP contribution in [0, 0.1) is 0 Å². The minimum absolute atomic E-state index is 0.601. The molecular formula is C16H26N4O. The molecule has 2 atom stereocenters. The maximum absolute atomic E-state index is 5.19. The van der Waals surface area contributed by atoms with E-state index >= 15 is 0 Å². The summed E-state index contributed by atoms with van der Waals surface area (Å²) >= 11 is 0. The Morgan fingerprint density at radius 1 is 1.43 bits per heavy atom. The Balaban J connectivity index is 1.52. The quantitative estimate of drug-likeness (QED) is 0.778. The van der Waals surface area contributed by atoms with Crippen molar-refractivity contribution in [2.45, 2.75) is 57.7 Å². The fraction of sp³-hybridized carbons (Fsp3) is 0.750. The van der Waals surface area contributed by atoms with Gasteiger partial charge in [0.15, 0.2) is 5.82 Å². The molecule has 0 bridgehead atoms. The van der Waals surface area contributed by atoms with E-state index in [1.807, 2.05) is 6.92 Å². The number of nitrogens with zero attached hydrogens (tertiary/aromatic N) is 4. The Bertz CT molecular complexity index is 484. The number of allylic oxidation sites excluding steroid dienone is 1. The second-order valence-corrected chi connectivity index (χ2v) is 6.24. The maximum Gasteiger partial charge on any atom is 0.226 e. The molecule has 116 valence electrons. The average molecular weight is 290 g/mol. The van der Waals surface area contributed by atoms with E-state index in [0.717, 1.165) is 31.2 Å². The van der Waals surface area contributed by atoms with Gasteiger partial charge in [-0.3, -0.25) is 9.80 Å². The summed E-state index contributed by atoms with van der Waals surface area (Å²) in [6.07, 6.45) is 10.7. The Hall–Kier alpha value is -1.20. The van der Waals surface area contributed by atoms with Gasteiger partial charge in [0, 0.05) is 31.6 Å². The molecule has 0 radical (unpaired) electrons. The average Bonchev–Trinajstić information content (AvgIpc) is 3.17. The lowest BCUT2D eigenvalue weighted by Crippen LogP contribution is -2.38. The summed E-state index contributed by atoms with van der Waals surface area (Å²) in [6, 6.07) is 1.26. The van der Waals surface area contributed by atoms with Crippen molar-refractivity contribution < 1.29 is 4.52 Å². The zero-order valence-electron chi connectivity index (χ0n) is 13.2. The van der Waals surface area contributed by atoms with E-state index in [0.29, 0.717) is 12.1 Å². The van der Waals surface area contributed by atoms with E-state index in [4.69, 9.17) is 4.52 Å². The van der Waals surface area contributed by atoms with E-state index in [2.05, 4.69) is 39.1 Å². The Kier molecular flexibility index (Phi) is 4.70. The van der Waals surface area contributed by atoms with E-state index in [1.165, 1.54) is 32.2 Å². The molecule has 1 fully saturated rings. The van der Waals surface area contributed by atoms with Crippen LogP contribution in [-0.4, -0.2) is 52.2 Å². The van der Waals surface area contributed by atoms with Crippen molar-refractivity contribution in [3.63, 3.8) is 0 Å². The van der Waals surface area contributed by atoms with Crippen molar-refractivity contribution in [2.75, 3.05) is 20.1 Å². The lowest BCUT2D eigenvalue weighted by Gasteiger charge is -2.29. The third kappa shape index (κ3) is 3.52. The molecule has 1 aliphatic carbocycles. The molecule has 1 saturated heterocycles. The fourth-order valence-electron chi connectivity index (χ4n) is 3.38. The van der Waals surface area contributed by atoms with Gasteiger partial charge in [0.1, 0.15) is 0 Å². The standard InChI is InChI=1S/C16H26N4O/c1-3-16-17-15(18-21-16)12-19(2)14-9-10-20(11-14)13-7-5-4-6-8-13/h5,7,13-14H,3-4,6,8-12H2,1-2H3/t13-,14-/m0/s1. The SMILES string of the molecule is CCc1nc(CN(C)[C@H]2CCN([C@H]3C=CCCC3)C2)no1. The number of likely N-dealkylation sites (tertiary alicyclic amines) is 1. The fourth-order valence-corrected chi connectivity index (χ4v) is 3.38. The zero-order chi connectivity index (χ0) is 14.7. The van der Waals surface area contributed by atoms with E-state index in [1.54, 1.807) is 0 Å². The van der Waals surface area contributed by atoms with E-state index in [-0.39, 0.29) is 0 Å². The molecule has 0 aromatic carbocycles. The second-order valence-electron chi connectivity index (χ2n) is 6.24. The van der Waals surface area contributed by atoms with Crippen molar-refractivity contribution in [2.24, 2.45) is 0 Å². The first-order chi connectivity index (χ1) is 10.3. The van der Waals surface area contributed by atoms with Crippen LogP contribution >= 0.6 is 0 Å². The smallest absolute Gasteiger partial charge is 0.226 e. The number of aryl methyl sites for hydroxylation is 1. The first-order valence-electron chi connectivity index (χ1n) is 8.18. The predicted molar refractivity (Wildman–Crippen MR) is 81.9 cm³/mol. The molecule has 21 heavy (non-hydrogen) atoms. The Morgan fingerprint density at radius 3 is 3.05 bits per heavy atom. The summed E-state index contributed by atoms with van der Waals surface area (Å²) in [4.78, 5) is 9.41. The van der Waals surface area contributed by atoms with Crippen LogP contribution in [0.1, 0.15) is 44.3 Å². The van der Waals surface area contributed by atoms with Gasteiger partial charge in [0.05, 0.1) is 6.54 Å². The van der Waals surface area contributed by atoms with Gasteiger partial charge in [-0.25, -0.2) is 0 Å². The molecule has 0 saturated carbocycles. The second kappa shape index (κ2) is 6.71. The number of rotatable bonds is 5. The maximum atomic E-state index is 5.19. The van der Waals surface area contributed by atoms with Crippen LogP contribution in [0.2, 0.25) is 0 Å². The van der Waals surface area contributed by atoms with Crippen molar-refractivity contribution in [3.05, 3.63) is 23.9 Å². The summed E-state index contributed by atoms with van der Waals surface area (Å²) in [7, 11) is 2.17. The third-order valence-corrected chi connectivity index (χ3v) is 4.72. The molecule has 1 aliphatic heterocycles. The van der Waals surface area contributed by atoms with Gasteiger partial charge in [0.25, 0.3) is 0 Å². The summed E-state index contributed by atoms with van der Waals surface area (Å²) in [5.74, 6) is 1.55. The third-order valence-electron chi connectivity index (χ3n) is 4.72. The van der Waals surface area contributed by atoms with Crippen LogP contribution in [0.4, 0.5) is 0 Å². The summed E-state index contributed by atoms with van der Waals surface area (Å²) < 4.78 is 5.19. The molecular weight excluding hydrogens is 264 g/mol. The van der Waals surface area contributed by atoms with E-state index < -0.39 is 0 Å². The van der Waals surface area contributed by atoms with Gasteiger partial charge in [-0.05, 0) is 32.7 Å². The molecule has 1 aromatic rings. The van der Waals surface area contributed by atoms with Crippen molar-refractivity contribution in [3.8, 4) is 0 Å². The lowest BCUT2D eigenvalue weighted by molar-refractivity contribution is 0.200. The molecule has 5 nitrogen and oxygen atoms in total. The molecule has 3 rings (SSSR count). The number of hydrogen-bond donors (Lipinski definition) is 0. The van der Waals surface area contributed by atoms with Gasteiger partial charge in [-0.2, -0.15) is 4.98 Å². The van der Waals surface area contributed by atoms with E-state index in [9.17, 15) is 0 Å². The topological polar surface area (TPSA) is 45.4 Å². The van der Waals surface area contributed by atoms with Gasteiger partial charge in [-0.15, -0.1) is 0 Å². The van der Waals surface area contributed by atoms with Crippen LogP contribution in [0.15, 0.2) is 16.7 Å². The first-order valence-corrected chi connectivity index (χ1v) is 8.18. The highest BCUT2D eigenvalue weighted by Crippen LogP contribution is 2.23. The lowest BCUT2D eigenvalue weighted by atomic mass is 10.0. The molecule has 0 spiro atoms.